The fraction of sp³-hybridized carbons (Fsp3) is 0.292. The maximum absolute atomic E-state index is 13.3. The summed E-state index contributed by atoms with van der Waals surface area (Å²) in [5.41, 5.74) is 3.81. The summed E-state index contributed by atoms with van der Waals surface area (Å²) in [7, 11) is 0. The number of H-pyrrole nitrogens is 1. The summed E-state index contributed by atoms with van der Waals surface area (Å²) in [6.07, 6.45) is 1.80. The number of hydrogen-bond donors (Lipinski definition) is 1. The Labute approximate surface area is 190 Å². The van der Waals surface area contributed by atoms with Gasteiger partial charge in [0.25, 0.3) is 0 Å². The van der Waals surface area contributed by atoms with E-state index in [9.17, 15) is 4.79 Å². The topological polar surface area (TPSA) is 76.0 Å². The average molecular weight is 448 g/mol. The predicted octanol–water partition coefficient (Wildman–Crippen LogP) is 4.26. The smallest absolute Gasteiger partial charge is 0.232 e. The van der Waals surface area contributed by atoms with Gasteiger partial charge >= 0.3 is 0 Å². The third kappa shape index (κ3) is 3.91. The summed E-state index contributed by atoms with van der Waals surface area (Å²) >= 11 is 1.44. The Morgan fingerprint density at radius 3 is 2.75 bits per heavy atom. The fourth-order valence-corrected chi connectivity index (χ4v) is 4.94. The largest absolute Gasteiger partial charge is 0.378 e. The third-order valence-corrected chi connectivity index (χ3v) is 6.72. The molecule has 1 aliphatic rings. The molecule has 164 valence electrons. The number of ether oxygens (including phenoxy) is 1. The predicted molar refractivity (Wildman–Crippen MR) is 127 cm³/mol. The van der Waals surface area contributed by atoms with Crippen molar-refractivity contribution < 1.29 is 9.53 Å². The molecule has 7 nitrogen and oxygen atoms in total. The number of nitrogens with zero attached hydrogens (tertiary/aromatic N) is 4. The highest BCUT2D eigenvalue weighted by Gasteiger charge is 2.26. The van der Waals surface area contributed by atoms with E-state index in [0.717, 1.165) is 41.2 Å². The number of Topliss-reactive ketones (excluding diaryl/α,β-unsaturated/α-hetero) is 1. The molecule has 1 N–H and O–H groups in total. The van der Waals surface area contributed by atoms with Crippen molar-refractivity contribution in [1.82, 2.24) is 19.7 Å². The molecule has 1 fully saturated rings. The van der Waals surface area contributed by atoms with Crippen LogP contribution in [0.1, 0.15) is 22.8 Å². The van der Waals surface area contributed by atoms with Crippen molar-refractivity contribution in [2.75, 3.05) is 31.2 Å². The van der Waals surface area contributed by atoms with Crippen molar-refractivity contribution in [2.45, 2.75) is 24.3 Å². The number of benzene rings is 2. The van der Waals surface area contributed by atoms with Gasteiger partial charge in [-0.2, -0.15) is 0 Å². The lowest BCUT2D eigenvalue weighted by molar-refractivity contribution is 0.0995. The van der Waals surface area contributed by atoms with E-state index < -0.39 is 0 Å². The zero-order chi connectivity index (χ0) is 22.1. The molecule has 1 aliphatic heterocycles. The molecule has 2 aromatic heterocycles. The second kappa shape index (κ2) is 8.80. The lowest BCUT2D eigenvalue weighted by Gasteiger charge is -2.28. The first kappa shape index (κ1) is 20.8. The molecule has 0 bridgehead atoms. The first-order valence-electron chi connectivity index (χ1n) is 10.7. The zero-order valence-electron chi connectivity index (χ0n) is 18.1. The van der Waals surface area contributed by atoms with E-state index in [-0.39, 0.29) is 11.0 Å². The maximum Gasteiger partial charge on any atom is 0.232 e. The minimum absolute atomic E-state index is 0.0687. The van der Waals surface area contributed by atoms with Crippen LogP contribution in [0.25, 0.3) is 16.6 Å². The van der Waals surface area contributed by atoms with Crippen LogP contribution in [-0.4, -0.2) is 57.1 Å². The lowest BCUT2D eigenvalue weighted by Crippen LogP contribution is -2.37. The number of carbonyl (C=O) groups is 1. The van der Waals surface area contributed by atoms with Crippen LogP contribution in [0.2, 0.25) is 0 Å². The summed E-state index contributed by atoms with van der Waals surface area (Å²) in [5.74, 6) is 0.854. The Morgan fingerprint density at radius 1 is 1.12 bits per heavy atom. The lowest BCUT2D eigenvalue weighted by atomic mass is 10.1. The van der Waals surface area contributed by atoms with E-state index in [1.807, 2.05) is 37.3 Å². The molecular weight excluding hydrogens is 422 g/mol. The molecule has 4 aromatic rings. The van der Waals surface area contributed by atoms with Crippen LogP contribution < -0.4 is 4.90 Å². The molecule has 1 unspecified atom stereocenters. The van der Waals surface area contributed by atoms with Crippen molar-refractivity contribution in [3.8, 4) is 5.69 Å². The molecule has 3 heterocycles. The summed E-state index contributed by atoms with van der Waals surface area (Å²) in [4.78, 5) is 18.7. The SMILES string of the molecule is Cc1cccc(-n2c(SC(C)C(=O)c3c[nH]c4ccccc34)nnc2N2CCOCC2)c1. The van der Waals surface area contributed by atoms with E-state index in [1.54, 1.807) is 6.20 Å². The van der Waals surface area contributed by atoms with E-state index in [2.05, 4.69) is 49.8 Å². The number of morpholine rings is 1. The summed E-state index contributed by atoms with van der Waals surface area (Å²) in [6.45, 7) is 6.85. The Morgan fingerprint density at radius 2 is 1.94 bits per heavy atom. The van der Waals surface area contributed by atoms with Gasteiger partial charge in [-0.05, 0) is 37.6 Å². The number of anilines is 1. The highest BCUT2D eigenvalue weighted by Crippen LogP contribution is 2.32. The van der Waals surface area contributed by atoms with Crippen LogP contribution >= 0.6 is 11.8 Å². The number of ketones is 1. The number of fused-ring (bicyclic) bond motifs is 1. The molecule has 0 amide bonds. The number of aromatic amines is 1. The van der Waals surface area contributed by atoms with Crippen LogP contribution in [0.15, 0.2) is 59.9 Å². The molecule has 0 aliphatic carbocycles. The maximum atomic E-state index is 13.3. The average Bonchev–Trinajstić information content (AvgIpc) is 3.43. The minimum Gasteiger partial charge on any atom is -0.378 e. The van der Waals surface area contributed by atoms with Crippen LogP contribution in [0.4, 0.5) is 5.95 Å². The summed E-state index contributed by atoms with van der Waals surface area (Å²) < 4.78 is 7.57. The number of thioether (sulfide) groups is 1. The molecular formula is C24H25N5O2S. The highest BCUT2D eigenvalue weighted by atomic mass is 32.2. The molecule has 0 spiro atoms. The Bertz CT molecular complexity index is 1260. The van der Waals surface area contributed by atoms with Gasteiger partial charge in [-0.15, -0.1) is 10.2 Å². The Hall–Kier alpha value is -3.10. The molecule has 32 heavy (non-hydrogen) atoms. The van der Waals surface area contributed by atoms with Gasteiger partial charge in [-0.3, -0.25) is 9.36 Å². The van der Waals surface area contributed by atoms with Gasteiger partial charge in [0.05, 0.1) is 24.2 Å². The minimum atomic E-state index is -0.320. The van der Waals surface area contributed by atoms with Crippen molar-refractivity contribution in [3.05, 3.63) is 65.9 Å². The Kier molecular flexibility index (Phi) is 5.71. The van der Waals surface area contributed by atoms with Crippen molar-refractivity contribution in [2.24, 2.45) is 0 Å². The van der Waals surface area contributed by atoms with Crippen molar-refractivity contribution in [3.63, 3.8) is 0 Å². The monoisotopic (exact) mass is 447 g/mol. The third-order valence-electron chi connectivity index (χ3n) is 5.68. The number of rotatable bonds is 6. The van der Waals surface area contributed by atoms with Gasteiger partial charge in [0, 0.05) is 35.8 Å². The van der Waals surface area contributed by atoms with Crippen LogP contribution in [-0.2, 0) is 4.74 Å². The standard InChI is InChI=1S/C24H25N5O2S/c1-16-6-5-7-18(14-16)29-23(28-10-12-31-13-11-28)26-27-24(29)32-17(2)22(30)20-15-25-21-9-4-3-8-19(20)21/h3-9,14-15,17,25H,10-13H2,1-2H3. The van der Waals surface area contributed by atoms with Crippen LogP contribution in [0.3, 0.4) is 0 Å². The summed E-state index contributed by atoms with van der Waals surface area (Å²) in [5, 5.41) is 10.3. The number of aryl methyl sites for hydroxylation is 1. The van der Waals surface area contributed by atoms with E-state index in [1.165, 1.54) is 11.8 Å². The van der Waals surface area contributed by atoms with E-state index in [0.29, 0.717) is 23.9 Å². The van der Waals surface area contributed by atoms with Gasteiger partial charge in [0.1, 0.15) is 0 Å². The molecule has 8 heteroatoms. The Balaban J connectivity index is 1.48. The molecule has 5 rings (SSSR count). The molecule has 0 radical (unpaired) electrons. The van der Waals surface area contributed by atoms with Crippen LogP contribution in [0, 0.1) is 6.92 Å². The quantitative estimate of drug-likeness (QED) is 0.352. The number of aromatic nitrogens is 4. The molecule has 1 saturated heterocycles. The highest BCUT2D eigenvalue weighted by molar-refractivity contribution is 8.00. The second-order valence-electron chi connectivity index (χ2n) is 7.93. The number of carbonyl (C=O) groups excluding carboxylic acids is 1. The summed E-state index contributed by atoms with van der Waals surface area (Å²) in [6, 6.07) is 16.1. The number of para-hydroxylation sites is 1. The number of nitrogens with one attached hydrogen (secondary N) is 1. The number of hydrogen-bond acceptors (Lipinski definition) is 6. The van der Waals surface area contributed by atoms with Crippen LogP contribution in [0.5, 0.6) is 0 Å². The van der Waals surface area contributed by atoms with E-state index in [4.69, 9.17) is 4.74 Å². The van der Waals surface area contributed by atoms with Gasteiger partial charge < -0.3 is 14.6 Å². The second-order valence-corrected chi connectivity index (χ2v) is 9.24. The first-order valence-corrected chi connectivity index (χ1v) is 11.6. The van der Waals surface area contributed by atoms with E-state index >= 15 is 0 Å². The zero-order valence-corrected chi connectivity index (χ0v) is 18.9. The normalized spacial score (nSPS) is 15.2. The van der Waals surface area contributed by atoms with Gasteiger partial charge in [0.15, 0.2) is 10.9 Å². The van der Waals surface area contributed by atoms with Crippen molar-refractivity contribution in [1.29, 1.82) is 0 Å². The first-order chi connectivity index (χ1) is 15.6. The fourth-order valence-electron chi connectivity index (χ4n) is 4.01. The van der Waals surface area contributed by atoms with Crippen molar-refractivity contribution >= 4 is 34.4 Å². The van der Waals surface area contributed by atoms with Gasteiger partial charge in [-0.1, -0.05) is 42.1 Å². The van der Waals surface area contributed by atoms with Gasteiger partial charge in [0.2, 0.25) is 5.95 Å². The molecule has 0 saturated carbocycles. The molecule has 1 atom stereocenters. The molecule has 2 aromatic carbocycles. The van der Waals surface area contributed by atoms with Gasteiger partial charge in [-0.25, -0.2) is 0 Å².